The van der Waals surface area contributed by atoms with Gasteiger partial charge in [-0.2, -0.15) is 0 Å². The third kappa shape index (κ3) is 5.70. The number of esters is 1. The zero-order chi connectivity index (χ0) is 24.1. The molecule has 182 valence electrons. The number of thiophene rings is 2. The molecule has 34 heavy (non-hydrogen) atoms. The second kappa shape index (κ2) is 11.5. The number of nitrogens with one attached hydrogen (secondary N) is 1. The molecule has 1 saturated heterocycles. The molecule has 4 heterocycles. The van der Waals surface area contributed by atoms with Gasteiger partial charge in [0.05, 0.1) is 31.1 Å². The summed E-state index contributed by atoms with van der Waals surface area (Å²) in [5.41, 5.74) is 1.42. The lowest BCUT2D eigenvalue weighted by molar-refractivity contribution is -0.113. The van der Waals surface area contributed by atoms with Crippen LogP contribution in [0.25, 0.3) is 11.4 Å². The van der Waals surface area contributed by atoms with E-state index in [1.807, 2.05) is 6.92 Å². The van der Waals surface area contributed by atoms with E-state index in [-0.39, 0.29) is 17.8 Å². The molecule has 8 nitrogen and oxygen atoms in total. The Morgan fingerprint density at radius 2 is 2.09 bits per heavy atom. The lowest BCUT2D eigenvalue weighted by Crippen LogP contribution is -2.18. The van der Waals surface area contributed by atoms with E-state index < -0.39 is 5.97 Å². The average molecular weight is 521 g/mol. The molecule has 0 aromatic carbocycles. The van der Waals surface area contributed by atoms with Crippen LogP contribution in [0.15, 0.2) is 22.7 Å². The smallest absolute Gasteiger partial charge is 0.340 e. The van der Waals surface area contributed by atoms with E-state index in [0.29, 0.717) is 22.3 Å². The zero-order valence-corrected chi connectivity index (χ0v) is 21.9. The number of amides is 1. The molecule has 0 saturated carbocycles. The molecular formula is C23H28N4O4S3. The Morgan fingerprint density at radius 3 is 2.76 bits per heavy atom. The summed E-state index contributed by atoms with van der Waals surface area (Å²) in [4.78, 5) is 27.2. The van der Waals surface area contributed by atoms with Gasteiger partial charge >= 0.3 is 5.97 Å². The molecule has 1 atom stereocenters. The second-order valence-electron chi connectivity index (χ2n) is 7.84. The summed E-state index contributed by atoms with van der Waals surface area (Å²) in [6, 6.07) is 3.92. The van der Waals surface area contributed by atoms with Gasteiger partial charge in [-0.15, -0.1) is 32.9 Å². The van der Waals surface area contributed by atoms with Crippen LogP contribution >= 0.6 is 34.4 Å². The molecule has 1 aliphatic rings. The molecule has 0 radical (unpaired) electrons. The molecule has 1 unspecified atom stereocenters. The second-order valence-corrected chi connectivity index (χ2v) is 10.9. The van der Waals surface area contributed by atoms with Gasteiger partial charge in [0.2, 0.25) is 5.91 Å². The lowest BCUT2D eigenvalue weighted by atomic mass is 10.2. The van der Waals surface area contributed by atoms with Crippen molar-refractivity contribution in [2.45, 2.75) is 57.3 Å². The van der Waals surface area contributed by atoms with Crippen LogP contribution in [0.3, 0.4) is 0 Å². The first-order chi connectivity index (χ1) is 16.5. The van der Waals surface area contributed by atoms with Crippen molar-refractivity contribution in [3.05, 3.63) is 32.8 Å². The van der Waals surface area contributed by atoms with Gasteiger partial charge in [-0.25, -0.2) is 4.79 Å². The maximum atomic E-state index is 12.8. The van der Waals surface area contributed by atoms with Gasteiger partial charge in [0.25, 0.3) is 0 Å². The first-order valence-corrected chi connectivity index (χ1v) is 14.0. The van der Waals surface area contributed by atoms with Gasteiger partial charge in [0.1, 0.15) is 5.00 Å². The summed E-state index contributed by atoms with van der Waals surface area (Å²) in [5, 5.41) is 15.0. The number of ether oxygens (including phenoxy) is 2. The maximum absolute atomic E-state index is 12.8. The maximum Gasteiger partial charge on any atom is 0.340 e. The molecule has 4 rings (SSSR count). The number of thioether (sulfide) groups is 1. The Hall–Kier alpha value is -2.21. The molecule has 1 N–H and O–H groups in total. The van der Waals surface area contributed by atoms with E-state index in [1.54, 1.807) is 17.4 Å². The largest absolute Gasteiger partial charge is 0.465 e. The summed E-state index contributed by atoms with van der Waals surface area (Å²) in [7, 11) is 1.34. The Kier molecular flexibility index (Phi) is 8.41. The standard InChI is InChI=1S/C23H28N4O4S3/c1-4-16-9-14(12-32-16)20-25-26-23(27(20)11-15-7-6-8-31-15)33-13-19(28)24-21-18(22(29)30-3)10-17(5-2)34-21/h9-10,12,15H,4-8,11,13H2,1-3H3,(H,24,28). The molecule has 11 heteroatoms. The van der Waals surface area contributed by atoms with Gasteiger partial charge in [-0.05, 0) is 37.8 Å². The van der Waals surface area contributed by atoms with Crippen LogP contribution in [-0.4, -0.2) is 52.2 Å². The molecule has 3 aromatic rings. The summed E-state index contributed by atoms with van der Waals surface area (Å²) >= 11 is 4.44. The Morgan fingerprint density at radius 1 is 1.26 bits per heavy atom. The van der Waals surface area contributed by atoms with Gasteiger partial charge in [0, 0.05) is 27.3 Å². The van der Waals surface area contributed by atoms with Crippen LogP contribution in [0, 0.1) is 0 Å². The van der Waals surface area contributed by atoms with Crippen molar-refractivity contribution in [2.75, 3.05) is 24.8 Å². The van der Waals surface area contributed by atoms with Crippen molar-refractivity contribution in [2.24, 2.45) is 0 Å². The first kappa shape index (κ1) is 24.9. The molecule has 0 aliphatic carbocycles. The topological polar surface area (TPSA) is 95.3 Å². The summed E-state index contributed by atoms with van der Waals surface area (Å²) < 4.78 is 12.8. The Labute approximate surface area is 211 Å². The fraction of sp³-hybridized carbons (Fsp3) is 0.478. The first-order valence-electron chi connectivity index (χ1n) is 11.3. The highest BCUT2D eigenvalue weighted by atomic mass is 32.2. The van der Waals surface area contributed by atoms with E-state index in [4.69, 9.17) is 9.47 Å². The minimum atomic E-state index is -0.456. The molecular weight excluding hydrogens is 492 g/mol. The van der Waals surface area contributed by atoms with Crippen LogP contribution in [0.5, 0.6) is 0 Å². The third-order valence-electron chi connectivity index (χ3n) is 5.51. The number of methoxy groups -OCH3 is 1. The number of hydrogen-bond donors (Lipinski definition) is 1. The van der Waals surface area contributed by atoms with Gasteiger partial charge in [-0.3, -0.25) is 9.36 Å². The fourth-order valence-electron chi connectivity index (χ4n) is 3.71. The van der Waals surface area contributed by atoms with E-state index in [9.17, 15) is 9.59 Å². The predicted molar refractivity (Wildman–Crippen MR) is 136 cm³/mol. The monoisotopic (exact) mass is 520 g/mol. The van der Waals surface area contributed by atoms with Gasteiger partial charge < -0.3 is 14.8 Å². The molecule has 0 spiro atoms. The van der Waals surface area contributed by atoms with Crippen molar-refractivity contribution in [3.63, 3.8) is 0 Å². The van der Waals surface area contributed by atoms with Crippen molar-refractivity contribution >= 4 is 51.3 Å². The van der Waals surface area contributed by atoms with E-state index in [2.05, 4.69) is 38.5 Å². The number of anilines is 1. The molecule has 1 fully saturated rings. The van der Waals surface area contributed by atoms with Crippen LogP contribution in [0.4, 0.5) is 5.00 Å². The van der Waals surface area contributed by atoms with Crippen molar-refractivity contribution in [1.29, 1.82) is 0 Å². The highest BCUT2D eigenvalue weighted by Crippen LogP contribution is 2.31. The highest BCUT2D eigenvalue weighted by molar-refractivity contribution is 7.99. The average Bonchev–Trinajstić information content (AvgIpc) is 3.64. The fourth-order valence-corrected chi connectivity index (χ4v) is 6.27. The predicted octanol–water partition coefficient (Wildman–Crippen LogP) is 4.89. The number of carbonyl (C=O) groups is 2. The number of aromatic nitrogens is 3. The van der Waals surface area contributed by atoms with E-state index >= 15 is 0 Å². The van der Waals surface area contributed by atoms with Gasteiger partial charge in [-0.1, -0.05) is 25.6 Å². The minimum Gasteiger partial charge on any atom is -0.465 e. The molecule has 1 amide bonds. The molecule has 1 aliphatic heterocycles. The number of rotatable bonds is 10. The number of hydrogen-bond acceptors (Lipinski definition) is 9. The van der Waals surface area contributed by atoms with Crippen molar-refractivity contribution < 1.29 is 19.1 Å². The Bertz CT molecular complexity index is 1150. The summed E-state index contributed by atoms with van der Waals surface area (Å²) in [5.74, 6) is 0.278. The minimum absolute atomic E-state index is 0.119. The van der Waals surface area contributed by atoms with Crippen molar-refractivity contribution in [1.82, 2.24) is 14.8 Å². The summed E-state index contributed by atoms with van der Waals surface area (Å²) in [6.07, 6.45) is 3.92. The van der Waals surface area contributed by atoms with Crippen LogP contribution in [0.1, 0.15) is 46.8 Å². The normalized spacial score (nSPS) is 15.6. The van der Waals surface area contributed by atoms with Crippen LogP contribution in [-0.2, 0) is 33.7 Å². The van der Waals surface area contributed by atoms with Crippen LogP contribution in [0.2, 0.25) is 0 Å². The van der Waals surface area contributed by atoms with Crippen LogP contribution < -0.4 is 5.32 Å². The SMILES string of the molecule is CCc1cc(-c2nnc(SCC(=O)Nc3sc(CC)cc3C(=O)OC)n2CC2CCCO2)cs1. The Balaban J connectivity index is 1.49. The zero-order valence-electron chi connectivity index (χ0n) is 19.5. The number of aryl methyl sites for hydroxylation is 2. The van der Waals surface area contributed by atoms with Gasteiger partial charge in [0.15, 0.2) is 11.0 Å². The quantitative estimate of drug-likeness (QED) is 0.300. The van der Waals surface area contributed by atoms with E-state index in [1.165, 1.54) is 35.1 Å². The van der Waals surface area contributed by atoms with Crippen molar-refractivity contribution in [3.8, 4) is 11.4 Å². The molecule has 0 bridgehead atoms. The van der Waals surface area contributed by atoms with E-state index in [0.717, 1.165) is 48.6 Å². The number of nitrogens with zero attached hydrogens (tertiary/aromatic N) is 3. The molecule has 3 aromatic heterocycles. The summed E-state index contributed by atoms with van der Waals surface area (Å²) in [6.45, 7) is 5.56. The number of carbonyl (C=O) groups excluding carboxylic acids is 2. The highest BCUT2D eigenvalue weighted by Gasteiger charge is 2.23. The lowest BCUT2D eigenvalue weighted by Gasteiger charge is -2.14. The third-order valence-corrected chi connectivity index (χ3v) is 8.75.